The number of hydrazine groups is 1. The molecule has 1 fully saturated rings. The van der Waals surface area contributed by atoms with E-state index < -0.39 is 11.3 Å². The smallest absolute Gasteiger partial charge is 0.256 e. The zero-order valence-electron chi connectivity index (χ0n) is 6.90. The predicted molar refractivity (Wildman–Crippen MR) is 41.9 cm³/mol. The Bertz CT molecular complexity index is 203. The molecule has 1 aliphatic carbocycles. The molecule has 0 saturated heterocycles. The number of alkyl halides is 2. The van der Waals surface area contributed by atoms with E-state index in [0.29, 0.717) is 12.8 Å². The molecule has 1 saturated carbocycles. The minimum Gasteiger partial charge on any atom is -0.400 e. The Morgan fingerprint density at radius 3 is 2.33 bits per heavy atom. The van der Waals surface area contributed by atoms with Crippen molar-refractivity contribution in [3.8, 4) is 0 Å². The molecule has 1 rings (SSSR count). The van der Waals surface area contributed by atoms with E-state index in [-0.39, 0.29) is 5.70 Å². The lowest BCUT2D eigenvalue weighted by Crippen LogP contribution is -2.33. The Hall–Kier alpha value is -0.840. The molecule has 0 bridgehead atoms. The molecule has 12 heavy (non-hydrogen) atoms. The molecule has 0 aromatic carbocycles. The average Bonchev–Trinajstić information content (AvgIpc) is 2.63. The number of nitrogens with two attached hydrogens (primary N) is 2. The summed E-state index contributed by atoms with van der Waals surface area (Å²) in [6.45, 7) is 0.886. The highest BCUT2D eigenvalue weighted by Crippen LogP contribution is 2.59. The Labute approximate surface area is 69.8 Å². The third-order valence-electron chi connectivity index (χ3n) is 2.38. The van der Waals surface area contributed by atoms with Crippen molar-refractivity contribution in [2.45, 2.75) is 25.7 Å². The third-order valence-corrected chi connectivity index (χ3v) is 2.38. The summed E-state index contributed by atoms with van der Waals surface area (Å²) in [6.07, 6.45) is 2.09. The van der Waals surface area contributed by atoms with E-state index in [4.69, 9.17) is 11.6 Å². The summed E-state index contributed by atoms with van der Waals surface area (Å²) in [5.74, 6) is 2.19. The van der Waals surface area contributed by atoms with Gasteiger partial charge in [0, 0.05) is 18.8 Å². The van der Waals surface area contributed by atoms with Gasteiger partial charge >= 0.3 is 0 Å². The van der Waals surface area contributed by atoms with Gasteiger partial charge in [-0.05, 0) is 12.8 Å². The maximum Gasteiger partial charge on any atom is 0.256 e. The lowest BCUT2D eigenvalue weighted by atomic mass is 9.96. The standard InChI is InChI=1S/C7H13F2N3/c1-6(8,9)7(2-3-7)5(10)4-12-11/h4,12H,2-3,10-11H2,1H3/b5-4-. The van der Waals surface area contributed by atoms with E-state index >= 15 is 0 Å². The van der Waals surface area contributed by atoms with Crippen molar-refractivity contribution in [1.82, 2.24) is 5.43 Å². The molecule has 3 nitrogen and oxygen atoms in total. The zero-order valence-corrected chi connectivity index (χ0v) is 6.90. The van der Waals surface area contributed by atoms with Crippen LogP contribution < -0.4 is 17.0 Å². The Morgan fingerprint density at radius 1 is 1.58 bits per heavy atom. The number of nitrogens with one attached hydrogen (secondary N) is 1. The van der Waals surface area contributed by atoms with Crippen molar-refractivity contribution < 1.29 is 8.78 Å². The Balaban J connectivity index is 2.80. The van der Waals surface area contributed by atoms with Crippen LogP contribution in [0.5, 0.6) is 0 Å². The van der Waals surface area contributed by atoms with Gasteiger partial charge in [-0.3, -0.25) is 5.84 Å². The molecule has 0 spiro atoms. The van der Waals surface area contributed by atoms with Crippen LogP contribution in [-0.2, 0) is 0 Å². The minimum atomic E-state index is -2.76. The summed E-state index contributed by atoms with van der Waals surface area (Å²) >= 11 is 0. The topological polar surface area (TPSA) is 64.1 Å². The molecule has 0 aromatic heterocycles. The lowest BCUT2D eigenvalue weighted by molar-refractivity contribution is -0.0389. The molecular weight excluding hydrogens is 164 g/mol. The van der Waals surface area contributed by atoms with Crippen LogP contribution in [0.4, 0.5) is 8.78 Å². The van der Waals surface area contributed by atoms with Gasteiger partial charge in [0.25, 0.3) is 5.92 Å². The van der Waals surface area contributed by atoms with Crippen molar-refractivity contribution in [2.24, 2.45) is 17.0 Å². The highest BCUT2D eigenvalue weighted by molar-refractivity contribution is 5.22. The number of halogens is 2. The van der Waals surface area contributed by atoms with Gasteiger partial charge in [0.05, 0.1) is 5.41 Å². The van der Waals surface area contributed by atoms with Crippen molar-refractivity contribution in [3.05, 3.63) is 11.9 Å². The summed E-state index contributed by atoms with van der Waals surface area (Å²) in [6, 6.07) is 0. The molecule has 70 valence electrons. The fourth-order valence-corrected chi connectivity index (χ4v) is 1.33. The van der Waals surface area contributed by atoms with E-state index in [1.807, 2.05) is 0 Å². The largest absolute Gasteiger partial charge is 0.400 e. The van der Waals surface area contributed by atoms with Crippen LogP contribution in [-0.4, -0.2) is 5.92 Å². The molecule has 0 radical (unpaired) electrons. The lowest BCUT2D eigenvalue weighted by Gasteiger charge is -2.23. The van der Waals surface area contributed by atoms with Crippen molar-refractivity contribution in [1.29, 1.82) is 0 Å². The van der Waals surface area contributed by atoms with Crippen LogP contribution in [0.3, 0.4) is 0 Å². The van der Waals surface area contributed by atoms with E-state index in [1.165, 1.54) is 6.20 Å². The number of rotatable bonds is 3. The number of hydrogen-bond donors (Lipinski definition) is 3. The van der Waals surface area contributed by atoms with Gasteiger partial charge in [-0.25, -0.2) is 8.78 Å². The SMILES string of the molecule is CC(F)(F)C1(/C(N)=C/NN)CC1. The highest BCUT2D eigenvalue weighted by atomic mass is 19.3. The van der Waals surface area contributed by atoms with Gasteiger partial charge in [-0.15, -0.1) is 0 Å². The van der Waals surface area contributed by atoms with Crippen LogP contribution >= 0.6 is 0 Å². The molecule has 0 unspecified atom stereocenters. The van der Waals surface area contributed by atoms with Gasteiger partial charge in [0.15, 0.2) is 0 Å². The fourth-order valence-electron chi connectivity index (χ4n) is 1.33. The molecule has 5 heteroatoms. The first-order valence-electron chi connectivity index (χ1n) is 3.74. The van der Waals surface area contributed by atoms with E-state index in [1.54, 1.807) is 0 Å². The fraction of sp³-hybridized carbons (Fsp3) is 0.714. The second-order valence-electron chi connectivity index (χ2n) is 3.24. The van der Waals surface area contributed by atoms with Crippen LogP contribution in [0.25, 0.3) is 0 Å². The van der Waals surface area contributed by atoms with Gasteiger partial charge in [-0.2, -0.15) is 0 Å². The van der Waals surface area contributed by atoms with Crippen LogP contribution in [0.15, 0.2) is 11.9 Å². The monoisotopic (exact) mass is 177 g/mol. The molecule has 0 heterocycles. The maximum absolute atomic E-state index is 12.9. The minimum absolute atomic E-state index is 0.137. The van der Waals surface area contributed by atoms with Crippen LogP contribution in [0, 0.1) is 5.41 Å². The maximum atomic E-state index is 12.9. The summed E-state index contributed by atoms with van der Waals surface area (Å²) in [5.41, 5.74) is 6.61. The molecule has 0 aliphatic heterocycles. The number of allylic oxidation sites excluding steroid dienone is 1. The third kappa shape index (κ3) is 1.24. The van der Waals surface area contributed by atoms with Crippen LogP contribution in [0.1, 0.15) is 19.8 Å². The second-order valence-corrected chi connectivity index (χ2v) is 3.24. The second kappa shape index (κ2) is 2.58. The molecule has 5 N–H and O–H groups in total. The van der Waals surface area contributed by atoms with Gasteiger partial charge in [0.1, 0.15) is 0 Å². The first kappa shape index (κ1) is 9.25. The number of hydrogen-bond acceptors (Lipinski definition) is 3. The van der Waals surface area contributed by atoms with Gasteiger partial charge in [0.2, 0.25) is 0 Å². The van der Waals surface area contributed by atoms with Crippen molar-refractivity contribution >= 4 is 0 Å². The van der Waals surface area contributed by atoms with E-state index in [0.717, 1.165) is 6.92 Å². The predicted octanol–water partition coefficient (Wildman–Crippen LogP) is 0.685. The molecular formula is C7H13F2N3. The van der Waals surface area contributed by atoms with Crippen molar-refractivity contribution in [2.75, 3.05) is 0 Å². The van der Waals surface area contributed by atoms with E-state index in [9.17, 15) is 8.78 Å². The Kier molecular flexibility index (Phi) is 1.99. The molecule has 0 atom stereocenters. The summed E-state index contributed by atoms with van der Waals surface area (Å²) in [4.78, 5) is 0. The van der Waals surface area contributed by atoms with Crippen molar-refractivity contribution in [3.63, 3.8) is 0 Å². The molecule has 0 amide bonds. The first-order chi connectivity index (χ1) is 5.44. The van der Waals surface area contributed by atoms with Crippen LogP contribution in [0.2, 0.25) is 0 Å². The van der Waals surface area contributed by atoms with Gasteiger partial charge < -0.3 is 11.2 Å². The quantitative estimate of drug-likeness (QED) is 0.439. The molecule has 1 aliphatic rings. The summed E-state index contributed by atoms with van der Waals surface area (Å²) < 4.78 is 25.9. The van der Waals surface area contributed by atoms with Gasteiger partial charge in [-0.1, -0.05) is 0 Å². The summed E-state index contributed by atoms with van der Waals surface area (Å²) in [7, 11) is 0. The first-order valence-corrected chi connectivity index (χ1v) is 3.74. The average molecular weight is 177 g/mol. The highest BCUT2D eigenvalue weighted by Gasteiger charge is 2.60. The Morgan fingerprint density at radius 2 is 2.08 bits per heavy atom. The molecule has 0 aromatic rings. The summed E-state index contributed by atoms with van der Waals surface area (Å²) in [5, 5.41) is 0. The normalized spacial score (nSPS) is 22.2. The van der Waals surface area contributed by atoms with E-state index in [2.05, 4.69) is 5.43 Å². The zero-order chi connectivity index (χ0) is 9.41.